The summed E-state index contributed by atoms with van der Waals surface area (Å²) in [5.41, 5.74) is 8.20. The number of aryl methyl sites for hydroxylation is 1. The van der Waals surface area contributed by atoms with Crippen molar-refractivity contribution in [3.63, 3.8) is 0 Å². The van der Waals surface area contributed by atoms with Crippen molar-refractivity contribution in [1.29, 1.82) is 0 Å². The summed E-state index contributed by atoms with van der Waals surface area (Å²) in [4.78, 5) is 5.79. The van der Waals surface area contributed by atoms with Crippen molar-refractivity contribution in [3.8, 4) is 5.75 Å². The molecule has 2 heterocycles. The highest BCUT2D eigenvalue weighted by molar-refractivity contribution is 14.0. The second kappa shape index (κ2) is 10.7. The Morgan fingerprint density at radius 2 is 2.31 bits per heavy atom. The largest absolute Gasteiger partial charge is 0.488 e. The molecule has 3 rings (SSSR count). The Balaban J connectivity index is 0.00000243. The number of benzene rings is 1. The van der Waals surface area contributed by atoms with Crippen LogP contribution in [-0.4, -0.2) is 31.8 Å². The maximum Gasteiger partial charge on any atom is 0.188 e. The van der Waals surface area contributed by atoms with Crippen molar-refractivity contribution in [2.45, 2.75) is 32.4 Å². The molecule has 1 fully saturated rings. The summed E-state index contributed by atoms with van der Waals surface area (Å²) in [5.74, 6) is 1.35. The van der Waals surface area contributed by atoms with Crippen LogP contribution in [0.15, 0.2) is 40.7 Å². The fraction of sp³-hybridized carbons (Fsp3) is 0.421. The van der Waals surface area contributed by atoms with Gasteiger partial charge in [0.2, 0.25) is 0 Å². The van der Waals surface area contributed by atoms with Crippen LogP contribution >= 0.6 is 35.3 Å². The number of rotatable bonds is 7. The Kier molecular flexibility index (Phi) is 8.67. The van der Waals surface area contributed by atoms with Gasteiger partial charge in [-0.3, -0.25) is 0 Å². The smallest absolute Gasteiger partial charge is 0.188 e. The molecule has 0 aliphatic carbocycles. The molecule has 1 unspecified atom stereocenters. The molecule has 2 aromatic rings. The number of aliphatic imine (C=N–C) groups is 1. The second-order valence-corrected chi connectivity index (χ2v) is 7.20. The average Bonchev–Trinajstić information content (AvgIpc) is 3.28. The zero-order valence-electron chi connectivity index (χ0n) is 14.9. The van der Waals surface area contributed by atoms with E-state index < -0.39 is 0 Å². The third-order valence-corrected chi connectivity index (χ3v) is 5.02. The number of ether oxygens (including phenoxy) is 2. The summed E-state index contributed by atoms with van der Waals surface area (Å²) in [6.45, 7) is 4.77. The lowest BCUT2D eigenvalue weighted by Crippen LogP contribution is -2.33. The fourth-order valence-electron chi connectivity index (χ4n) is 2.68. The molecule has 3 N–H and O–H groups in total. The minimum Gasteiger partial charge on any atom is -0.488 e. The first-order chi connectivity index (χ1) is 12.2. The van der Waals surface area contributed by atoms with Crippen molar-refractivity contribution in [2.75, 3.05) is 19.8 Å². The molecule has 142 valence electrons. The van der Waals surface area contributed by atoms with Gasteiger partial charge in [-0.15, -0.1) is 35.3 Å². The van der Waals surface area contributed by atoms with Gasteiger partial charge in [-0.25, -0.2) is 4.99 Å². The average molecular weight is 487 g/mol. The number of nitrogens with zero attached hydrogens (tertiary/aromatic N) is 1. The lowest BCUT2D eigenvalue weighted by molar-refractivity contribution is 0.140. The Morgan fingerprint density at radius 3 is 3.04 bits per heavy atom. The summed E-state index contributed by atoms with van der Waals surface area (Å²) in [7, 11) is 0. The van der Waals surface area contributed by atoms with Gasteiger partial charge in [-0.2, -0.15) is 0 Å². The monoisotopic (exact) mass is 487 g/mol. The summed E-state index contributed by atoms with van der Waals surface area (Å²) in [6.07, 6.45) is 2.02. The molecule has 5 nitrogen and oxygen atoms in total. The van der Waals surface area contributed by atoms with Gasteiger partial charge in [0.25, 0.3) is 0 Å². The van der Waals surface area contributed by atoms with Crippen LogP contribution in [0.4, 0.5) is 0 Å². The lowest BCUT2D eigenvalue weighted by Gasteiger charge is -2.15. The van der Waals surface area contributed by atoms with Crippen LogP contribution in [0.5, 0.6) is 5.75 Å². The van der Waals surface area contributed by atoms with Gasteiger partial charge < -0.3 is 20.5 Å². The molecule has 26 heavy (non-hydrogen) atoms. The zero-order chi connectivity index (χ0) is 17.5. The van der Waals surface area contributed by atoms with Gasteiger partial charge in [0.05, 0.1) is 19.8 Å². The van der Waals surface area contributed by atoms with E-state index >= 15 is 0 Å². The summed E-state index contributed by atoms with van der Waals surface area (Å²) in [5, 5.41) is 5.25. The molecule has 1 aliphatic heterocycles. The van der Waals surface area contributed by atoms with E-state index in [9.17, 15) is 0 Å². The van der Waals surface area contributed by atoms with E-state index in [1.807, 2.05) is 0 Å². The van der Waals surface area contributed by atoms with E-state index in [0.29, 0.717) is 19.1 Å². The Morgan fingerprint density at radius 1 is 1.42 bits per heavy atom. The van der Waals surface area contributed by atoms with Gasteiger partial charge in [0, 0.05) is 23.4 Å². The quantitative estimate of drug-likeness (QED) is 0.357. The van der Waals surface area contributed by atoms with E-state index in [1.165, 1.54) is 10.4 Å². The summed E-state index contributed by atoms with van der Waals surface area (Å²) < 4.78 is 11.5. The molecule has 1 saturated heterocycles. The normalized spacial score (nSPS) is 17.0. The number of thiophene rings is 1. The molecule has 0 amide bonds. The van der Waals surface area contributed by atoms with Gasteiger partial charge >= 0.3 is 0 Å². The molecule has 0 radical (unpaired) electrons. The predicted molar refractivity (Wildman–Crippen MR) is 118 cm³/mol. The van der Waals surface area contributed by atoms with Crippen LogP contribution in [-0.2, 0) is 17.7 Å². The van der Waals surface area contributed by atoms with E-state index in [1.54, 1.807) is 11.3 Å². The van der Waals surface area contributed by atoms with Gasteiger partial charge in [0.1, 0.15) is 11.9 Å². The number of halogens is 1. The predicted octanol–water partition coefficient (Wildman–Crippen LogP) is 3.49. The first kappa shape index (κ1) is 21.0. The van der Waals surface area contributed by atoms with Crippen molar-refractivity contribution in [1.82, 2.24) is 5.32 Å². The summed E-state index contributed by atoms with van der Waals surface area (Å²) >= 11 is 1.76. The van der Waals surface area contributed by atoms with Crippen LogP contribution < -0.4 is 15.8 Å². The number of guanidine groups is 1. The van der Waals surface area contributed by atoms with Crippen LogP contribution in [0.1, 0.15) is 22.4 Å². The van der Waals surface area contributed by atoms with Crippen molar-refractivity contribution < 1.29 is 9.47 Å². The van der Waals surface area contributed by atoms with E-state index in [-0.39, 0.29) is 30.1 Å². The molecule has 1 aromatic heterocycles. The standard InChI is InChI=1S/C19H25N3O2S.HI/c1-14-4-5-15(18(11-14)24-16-7-9-23-13-16)12-22-19(20)21-8-6-17-3-2-10-25-17;/h2-5,10-11,16H,6-9,12-13H2,1H3,(H3,20,21,22);1H. The second-order valence-electron chi connectivity index (χ2n) is 6.17. The van der Waals surface area contributed by atoms with Crippen LogP contribution in [0, 0.1) is 6.92 Å². The number of hydrogen-bond donors (Lipinski definition) is 2. The van der Waals surface area contributed by atoms with Crippen molar-refractivity contribution in [3.05, 3.63) is 51.7 Å². The first-order valence-electron chi connectivity index (χ1n) is 8.61. The molecule has 1 aromatic carbocycles. The Hall–Kier alpha value is -1.32. The van der Waals surface area contributed by atoms with Crippen LogP contribution in [0.25, 0.3) is 0 Å². The van der Waals surface area contributed by atoms with Crippen LogP contribution in [0.2, 0.25) is 0 Å². The highest BCUT2D eigenvalue weighted by atomic mass is 127. The molecular weight excluding hydrogens is 461 g/mol. The topological polar surface area (TPSA) is 68.9 Å². The Bertz CT molecular complexity index is 701. The fourth-order valence-corrected chi connectivity index (χ4v) is 3.39. The lowest BCUT2D eigenvalue weighted by atomic mass is 10.1. The van der Waals surface area contributed by atoms with Crippen molar-refractivity contribution in [2.24, 2.45) is 10.7 Å². The van der Waals surface area contributed by atoms with Gasteiger partial charge in [0.15, 0.2) is 5.96 Å². The highest BCUT2D eigenvalue weighted by Gasteiger charge is 2.18. The van der Waals surface area contributed by atoms with Gasteiger partial charge in [-0.1, -0.05) is 18.2 Å². The molecule has 1 atom stereocenters. The van der Waals surface area contributed by atoms with Gasteiger partial charge in [-0.05, 0) is 36.4 Å². The minimum atomic E-state index is 0. The first-order valence-corrected chi connectivity index (χ1v) is 9.49. The molecule has 0 saturated carbocycles. The van der Waals surface area contributed by atoms with E-state index in [0.717, 1.165) is 37.3 Å². The van der Waals surface area contributed by atoms with Crippen molar-refractivity contribution >= 4 is 41.3 Å². The zero-order valence-corrected chi connectivity index (χ0v) is 18.1. The van der Waals surface area contributed by atoms with E-state index in [4.69, 9.17) is 15.2 Å². The SMILES string of the molecule is Cc1ccc(CN=C(N)NCCc2cccs2)c(OC2CCOC2)c1.I. The minimum absolute atomic E-state index is 0. The third kappa shape index (κ3) is 6.44. The molecule has 1 aliphatic rings. The molecule has 0 spiro atoms. The third-order valence-electron chi connectivity index (χ3n) is 4.08. The number of nitrogens with one attached hydrogen (secondary N) is 1. The summed E-state index contributed by atoms with van der Waals surface area (Å²) in [6, 6.07) is 10.4. The Labute approximate surface area is 176 Å². The van der Waals surface area contributed by atoms with E-state index in [2.05, 4.69) is 52.9 Å². The maximum atomic E-state index is 6.10. The number of nitrogens with two attached hydrogens (primary N) is 1. The number of hydrogen-bond acceptors (Lipinski definition) is 4. The maximum absolute atomic E-state index is 6.10. The van der Waals surface area contributed by atoms with Crippen LogP contribution in [0.3, 0.4) is 0 Å². The molecule has 0 bridgehead atoms. The highest BCUT2D eigenvalue weighted by Crippen LogP contribution is 2.24. The molecular formula is C19H26IN3O2S. The molecule has 7 heteroatoms.